The average Bonchev–Trinajstić information content (AvgIpc) is 2.88. The van der Waals surface area contributed by atoms with E-state index in [2.05, 4.69) is 5.32 Å². The molecule has 7 nitrogen and oxygen atoms in total. The molecule has 0 spiro atoms. The largest absolute Gasteiger partial charge is 0.357 e. The number of sulfonamides is 1. The summed E-state index contributed by atoms with van der Waals surface area (Å²) in [5.41, 5.74) is 4.20. The Morgan fingerprint density at radius 3 is 1.78 bits per heavy atom. The lowest BCUT2D eigenvalue weighted by atomic mass is 10.1. The highest BCUT2D eigenvalue weighted by atomic mass is 32.2. The number of rotatable bonds is 10. The van der Waals surface area contributed by atoms with Crippen LogP contribution in [0.4, 0.5) is 5.69 Å². The van der Waals surface area contributed by atoms with Gasteiger partial charge in [-0.15, -0.1) is 0 Å². The van der Waals surface area contributed by atoms with Gasteiger partial charge in [0.1, 0.15) is 12.6 Å². The zero-order valence-electron chi connectivity index (χ0n) is 22.1. The van der Waals surface area contributed by atoms with Crippen LogP contribution in [0, 0.1) is 20.8 Å². The molecule has 0 aliphatic heterocycles. The van der Waals surface area contributed by atoms with E-state index >= 15 is 0 Å². The summed E-state index contributed by atoms with van der Waals surface area (Å²) in [5.74, 6) is -0.765. The van der Waals surface area contributed by atoms with E-state index in [4.69, 9.17) is 0 Å². The normalized spacial score (nSPS) is 12.0. The lowest BCUT2D eigenvalue weighted by molar-refractivity contribution is -0.140. The van der Waals surface area contributed by atoms with Gasteiger partial charge in [-0.05, 0) is 57.0 Å². The van der Waals surface area contributed by atoms with Gasteiger partial charge in [0.15, 0.2) is 0 Å². The second kappa shape index (κ2) is 12.1. The van der Waals surface area contributed by atoms with Gasteiger partial charge in [-0.3, -0.25) is 13.9 Å². The fourth-order valence-electron chi connectivity index (χ4n) is 4.05. The third kappa shape index (κ3) is 6.77. The van der Waals surface area contributed by atoms with E-state index in [0.717, 1.165) is 26.6 Å². The van der Waals surface area contributed by atoms with Crippen LogP contribution in [0.5, 0.6) is 0 Å². The smallest absolute Gasteiger partial charge is 0.264 e. The summed E-state index contributed by atoms with van der Waals surface area (Å²) in [6.07, 6.45) is 0.381. The van der Waals surface area contributed by atoms with Crippen LogP contribution < -0.4 is 9.62 Å². The minimum atomic E-state index is -4.06. The van der Waals surface area contributed by atoms with Crippen molar-refractivity contribution in [3.63, 3.8) is 0 Å². The van der Waals surface area contributed by atoms with Crippen LogP contribution in [0.2, 0.25) is 0 Å². The Kier molecular flexibility index (Phi) is 9.10. The number of carbonyl (C=O) groups is 2. The topological polar surface area (TPSA) is 86.8 Å². The van der Waals surface area contributed by atoms with Crippen LogP contribution in [0.3, 0.4) is 0 Å². The number of anilines is 1. The van der Waals surface area contributed by atoms with Crippen molar-refractivity contribution in [2.24, 2.45) is 0 Å². The van der Waals surface area contributed by atoms with Crippen LogP contribution in [0.25, 0.3) is 0 Å². The highest BCUT2D eigenvalue weighted by Gasteiger charge is 2.33. The quantitative estimate of drug-likeness (QED) is 0.430. The van der Waals surface area contributed by atoms with Gasteiger partial charge in [0.2, 0.25) is 11.8 Å². The van der Waals surface area contributed by atoms with E-state index in [1.807, 2.05) is 52.0 Å². The van der Waals surface area contributed by atoms with E-state index in [-0.39, 0.29) is 17.3 Å². The number of aryl methyl sites for hydroxylation is 3. The molecule has 3 aromatic rings. The SMILES string of the molecule is CC[C@H](C(=O)NC)N(Cc1ccc(C)cc1)C(=O)CN(c1ccc(C)cc1)S(=O)(=O)c1ccc(C)cc1. The zero-order valence-corrected chi connectivity index (χ0v) is 22.9. The van der Waals surface area contributed by atoms with Gasteiger partial charge < -0.3 is 10.2 Å². The van der Waals surface area contributed by atoms with Gasteiger partial charge in [-0.2, -0.15) is 0 Å². The van der Waals surface area contributed by atoms with E-state index in [9.17, 15) is 18.0 Å². The Bertz CT molecular complexity index is 1320. The molecule has 0 heterocycles. The minimum Gasteiger partial charge on any atom is -0.357 e. The predicted octanol–water partition coefficient (Wildman–Crippen LogP) is 4.36. The molecule has 0 saturated carbocycles. The van der Waals surface area contributed by atoms with Crippen molar-refractivity contribution in [1.82, 2.24) is 10.2 Å². The molecule has 1 N–H and O–H groups in total. The maximum absolute atomic E-state index is 13.9. The Labute approximate surface area is 220 Å². The minimum absolute atomic E-state index is 0.0925. The maximum Gasteiger partial charge on any atom is 0.264 e. The molecule has 37 heavy (non-hydrogen) atoms. The summed E-state index contributed by atoms with van der Waals surface area (Å²) < 4.78 is 28.7. The first kappa shape index (κ1) is 27.9. The summed E-state index contributed by atoms with van der Waals surface area (Å²) >= 11 is 0. The standard InChI is InChI=1S/C29H35N3O4S/c1-6-27(29(34)30-5)31(19-24-13-7-21(2)8-14-24)28(33)20-32(25-15-9-22(3)10-16-25)37(35,36)26-17-11-23(4)12-18-26/h7-18,27H,6,19-20H2,1-5H3,(H,30,34)/t27-/m1/s1. The van der Waals surface area contributed by atoms with Crippen LogP contribution >= 0.6 is 0 Å². The second-order valence-corrected chi connectivity index (χ2v) is 11.1. The summed E-state index contributed by atoms with van der Waals surface area (Å²) in [6, 6.07) is 20.5. The molecule has 8 heteroatoms. The third-order valence-electron chi connectivity index (χ3n) is 6.32. The van der Waals surface area contributed by atoms with Crippen molar-refractivity contribution >= 4 is 27.5 Å². The van der Waals surface area contributed by atoms with Gasteiger partial charge >= 0.3 is 0 Å². The molecule has 196 valence electrons. The van der Waals surface area contributed by atoms with Crippen molar-refractivity contribution in [3.8, 4) is 0 Å². The Morgan fingerprint density at radius 2 is 1.30 bits per heavy atom. The maximum atomic E-state index is 13.9. The first-order chi connectivity index (χ1) is 17.6. The molecule has 2 amide bonds. The number of hydrogen-bond acceptors (Lipinski definition) is 4. The molecule has 3 aromatic carbocycles. The van der Waals surface area contributed by atoms with Crippen molar-refractivity contribution in [3.05, 3.63) is 95.1 Å². The molecule has 0 aliphatic carbocycles. The van der Waals surface area contributed by atoms with Crippen molar-refractivity contribution in [2.75, 3.05) is 17.9 Å². The number of hydrogen-bond donors (Lipinski definition) is 1. The van der Waals surface area contributed by atoms with E-state index < -0.39 is 28.5 Å². The molecule has 0 radical (unpaired) electrons. The monoisotopic (exact) mass is 521 g/mol. The van der Waals surface area contributed by atoms with Gasteiger partial charge in [0.05, 0.1) is 10.6 Å². The Balaban J connectivity index is 2.04. The highest BCUT2D eigenvalue weighted by Crippen LogP contribution is 2.25. The van der Waals surface area contributed by atoms with Crippen molar-refractivity contribution in [1.29, 1.82) is 0 Å². The molecule has 0 aliphatic rings. The molecule has 1 atom stereocenters. The number of carbonyl (C=O) groups excluding carboxylic acids is 2. The summed E-state index contributed by atoms with van der Waals surface area (Å²) in [7, 11) is -2.54. The zero-order chi connectivity index (χ0) is 27.2. The molecular weight excluding hydrogens is 486 g/mol. The predicted molar refractivity (Wildman–Crippen MR) is 147 cm³/mol. The summed E-state index contributed by atoms with van der Waals surface area (Å²) in [5, 5.41) is 2.63. The molecule has 0 aromatic heterocycles. The molecule has 3 rings (SSSR count). The van der Waals surface area contributed by atoms with Gasteiger partial charge in [-0.1, -0.05) is 72.1 Å². The first-order valence-electron chi connectivity index (χ1n) is 12.3. The van der Waals surface area contributed by atoms with E-state index in [1.54, 1.807) is 48.5 Å². The Hall–Kier alpha value is -3.65. The number of nitrogens with one attached hydrogen (secondary N) is 1. The summed E-state index contributed by atoms with van der Waals surface area (Å²) in [4.78, 5) is 28.2. The molecular formula is C29H35N3O4S. The Morgan fingerprint density at radius 1 is 0.811 bits per heavy atom. The number of amides is 2. The molecule has 0 saturated heterocycles. The first-order valence-corrected chi connectivity index (χ1v) is 13.7. The van der Waals surface area contributed by atoms with Crippen LogP contribution in [-0.4, -0.2) is 44.8 Å². The summed E-state index contributed by atoms with van der Waals surface area (Å²) in [6.45, 7) is 7.32. The molecule has 0 unspecified atom stereocenters. The van der Waals surface area contributed by atoms with Crippen LogP contribution in [-0.2, 0) is 26.2 Å². The van der Waals surface area contributed by atoms with Crippen molar-refractivity contribution < 1.29 is 18.0 Å². The third-order valence-corrected chi connectivity index (χ3v) is 8.10. The lowest BCUT2D eigenvalue weighted by Crippen LogP contribution is -2.51. The van der Waals surface area contributed by atoms with E-state index in [1.165, 1.54) is 11.9 Å². The molecule has 0 fully saturated rings. The number of benzene rings is 3. The van der Waals surface area contributed by atoms with E-state index in [0.29, 0.717) is 12.1 Å². The number of likely N-dealkylation sites (N-methyl/N-ethyl adjacent to an activating group) is 1. The van der Waals surface area contributed by atoms with Crippen LogP contribution in [0.1, 0.15) is 35.6 Å². The fourth-order valence-corrected chi connectivity index (χ4v) is 5.47. The second-order valence-electron chi connectivity index (χ2n) is 9.21. The fraction of sp³-hybridized carbons (Fsp3) is 0.310. The average molecular weight is 522 g/mol. The molecule has 0 bridgehead atoms. The van der Waals surface area contributed by atoms with Crippen molar-refractivity contribution in [2.45, 2.75) is 51.6 Å². The van der Waals surface area contributed by atoms with Gasteiger partial charge in [-0.25, -0.2) is 8.42 Å². The highest BCUT2D eigenvalue weighted by molar-refractivity contribution is 7.92. The van der Waals surface area contributed by atoms with Crippen LogP contribution in [0.15, 0.2) is 77.7 Å². The van der Waals surface area contributed by atoms with Gasteiger partial charge in [0, 0.05) is 13.6 Å². The lowest BCUT2D eigenvalue weighted by Gasteiger charge is -2.33. The van der Waals surface area contributed by atoms with Gasteiger partial charge in [0.25, 0.3) is 10.0 Å². The number of nitrogens with zero attached hydrogens (tertiary/aromatic N) is 2.